The molecule has 2 aromatic rings. The van der Waals surface area contributed by atoms with Gasteiger partial charge in [0.15, 0.2) is 6.10 Å². The van der Waals surface area contributed by atoms with Gasteiger partial charge in [-0.3, -0.25) is 4.79 Å². The van der Waals surface area contributed by atoms with Crippen molar-refractivity contribution < 1.29 is 14.3 Å². The molecule has 0 saturated carbocycles. The summed E-state index contributed by atoms with van der Waals surface area (Å²) in [5.74, 6) is 1.36. The van der Waals surface area contributed by atoms with Crippen LogP contribution in [0.15, 0.2) is 42.5 Å². The molecule has 1 N–H and O–H groups in total. The van der Waals surface area contributed by atoms with Crippen LogP contribution in [0.5, 0.6) is 11.5 Å². The van der Waals surface area contributed by atoms with Crippen LogP contribution in [-0.2, 0) is 4.79 Å². The summed E-state index contributed by atoms with van der Waals surface area (Å²) in [4.78, 5) is 12.3. The van der Waals surface area contributed by atoms with E-state index in [1.54, 1.807) is 6.92 Å². The van der Waals surface area contributed by atoms with E-state index in [0.717, 1.165) is 34.7 Å². The summed E-state index contributed by atoms with van der Waals surface area (Å²) in [7, 11) is 0. The predicted octanol–water partition coefficient (Wildman–Crippen LogP) is 4.50. The van der Waals surface area contributed by atoms with Crippen molar-refractivity contribution in [1.82, 2.24) is 0 Å². The van der Waals surface area contributed by atoms with Gasteiger partial charge in [-0.05, 0) is 68.7 Å². The van der Waals surface area contributed by atoms with E-state index in [1.807, 2.05) is 56.3 Å². The molecule has 4 nitrogen and oxygen atoms in total. The Kier molecular flexibility index (Phi) is 6.24. The molecule has 0 spiro atoms. The molecular formula is C20H25NO3. The number of hydrogen-bond acceptors (Lipinski definition) is 3. The molecule has 128 valence electrons. The maximum atomic E-state index is 12.3. The molecule has 2 rings (SSSR count). The minimum absolute atomic E-state index is 0.182. The average Bonchev–Trinajstić information content (AvgIpc) is 2.57. The number of hydrogen-bond donors (Lipinski definition) is 1. The Labute approximate surface area is 143 Å². The molecule has 0 fully saturated rings. The molecule has 0 radical (unpaired) electrons. The number of carbonyl (C=O) groups is 1. The second-order valence-corrected chi connectivity index (χ2v) is 5.89. The molecule has 0 aliphatic carbocycles. The van der Waals surface area contributed by atoms with Gasteiger partial charge >= 0.3 is 0 Å². The van der Waals surface area contributed by atoms with E-state index < -0.39 is 6.10 Å². The molecule has 0 aromatic heterocycles. The lowest BCUT2D eigenvalue weighted by Crippen LogP contribution is -2.30. The van der Waals surface area contributed by atoms with Gasteiger partial charge in [0.25, 0.3) is 5.91 Å². The fourth-order valence-electron chi connectivity index (χ4n) is 2.18. The third-order valence-electron chi connectivity index (χ3n) is 3.61. The van der Waals surface area contributed by atoms with E-state index in [2.05, 4.69) is 12.2 Å². The van der Waals surface area contributed by atoms with Crippen LogP contribution in [-0.4, -0.2) is 18.6 Å². The van der Waals surface area contributed by atoms with Crippen molar-refractivity contribution in [2.45, 2.75) is 40.2 Å². The summed E-state index contributed by atoms with van der Waals surface area (Å²) < 4.78 is 11.3. The zero-order valence-electron chi connectivity index (χ0n) is 14.8. The molecule has 24 heavy (non-hydrogen) atoms. The number of anilines is 1. The molecule has 4 heteroatoms. The molecule has 2 aromatic carbocycles. The number of aryl methyl sites for hydroxylation is 2. The first-order valence-electron chi connectivity index (χ1n) is 8.27. The largest absolute Gasteiger partial charge is 0.494 e. The Morgan fingerprint density at radius 1 is 1.12 bits per heavy atom. The molecule has 0 bridgehead atoms. The lowest BCUT2D eigenvalue weighted by Gasteiger charge is -2.17. The summed E-state index contributed by atoms with van der Waals surface area (Å²) in [5, 5.41) is 2.86. The maximum absolute atomic E-state index is 12.3. The molecule has 0 heterocycles. The summed E-state index contributed by atoms with van der Waals surface area (Å²) in [6.45, 7) is 8.46. The van der Waals surface area contributed by atoms with E-state index in [-0.39, 0.29) is 5.91 Å². The van der Waals surface area contributed by atoms with Gasteiger partial charge < -0.3 is 14.8 Å². The van der Waals surface area contributed by atoms with Crippen molar-refractivity contribution in [1.29, 1.82) is 0 Å². The monoisotopic (exact) mass is 327 g/mol. The Balaban J connectivity index is 1.94. The molecule has 1 amide bonds. The third kappa shape index (κ3) is 5.01. The Morgan fingerprint density at radius 2 is 1.83 bits per heavy atom. The number of rotatable bonds is 7. The first-order chi connectivity index (χ1) is 11.5. The van der Waals surface area contributed by atoms with E-state index in [9.17, 15) is 4.79 Å². The van der Waals surface area contributed by atoms with Crippen LogP contribution in [0.25, 0.3) is 0 Å². The fraction of sp³-hybridized carbons (Fsp3) is 0.350. The molecule has 1 atom stereocenters. The van der Waals surface area contributed by atoms with Gasteiger partial charge in [0.1, 0.15) is 11.5 Å². The van der Waals surface area contributed by atoms with Gasteiger partial charge in [-0.1, -0.05) is 19.1 Å². The average molecular weight is 327 g/mol. The molecule has 0 unspecified atom stereocenters. The minimum Gasteiger partial charge on any atom is -0.494 e. The highest BCUT2D eigenvalue weighted by Gasteiger charge is 2.16. The topological polar surface area (TPSA) is 47.6 Å². The van der Waals surface area contributed by atoms with E-state index >= 15 is 0 Å². The van der Waals surface area contributed by atoms with Crippen molar-refractivity contribution in [3.63, 3.8) is 0 Å². The molecule has 0 saturated heterocycles. The predicted molar refractivity (Wildman–Crippen MR) is 96.9 cm³/mol. The highest BCUT2D eigenvalue weighted by Crippen LogP contribution is 2.21. The Morgan fingerprint density at radius 3 is 2.50 bits per heavy atom. The van der Waals surface area contributed by atoms with Crippen molar-refractivity contribution in [3.05, 3.63) is 53.6 Å². The highest BCUT2D eigenvalue weighted by molar-refractivity contribution is 5.94. The first-order valence-corrected chi connectivity index (χ1v) is 8.27. The van der Waals surface area contributed by atoms with E-state index in [4.69, 9.17) is 9.47 Å². The lowest BCUT2D eigenvalue weighted by molar-refractivity contribution is -0.122. The van der Waals surface area contributed by atoms with Gasteiger partial charge in [0.2, 0.25) is 0 Å². The zero-order valence-corrected chi connectivity index (χ0v) is 14.8. The molecule has 0 aliphatic heterocycles. The van der Waals surface area contributed by atoms with Crippen LogP contribution < -0.4 is 14.8 Å². The quantitative estimate of drug-likeness (QED) is 0.814. The minimum atomic E-state index is -0.582. The fourth-order valence-corrected chi connectivity index (χ4v) is 2.18. The third-order valence-corrected chi connectivity index (χ3v) is 3.61. The van der Waals surface area contributed by atoms with Gasteiger partial charge in [-0.15, -0.1) is 0 Å². The van der Waals surface area contributed by atoms with Crippen LogP contribution >= 0.6 is 0 Å². The summed E-state index contributed by atoms with van der Waals surface area (Å²) in [6, 6.07) is 13.3. The SMILES string of the molecule is CCCOc1ccc(NC(=O)[C@@H](C)Oc2cc(C)ccc2C)cc1. The summed E-state index contributed by atoms with van der Waals surface area (Å²) in [6.07, 6.45) is 0.382. The first kappa shape index (κ1) is 17.9. The van der Waals surface area contributed by atoms with Gasteiger partial charge in [0, 0.05) is 5.69 Å². The van der Waals surface area contributed by atoms with Gasteiger partial charge in [0.05, 0.1) is 6.61 Å². The summed E-state index contributed by atoms with van der Waals surface area (Å²) in [5.41, 5.74) is 2.84. The number of amides is 1. The molecular weight excluding hydrogens is 302 g/mol. The van der Waals surface area contributed by atoms with Crippen LogP contribution in [0.2, 0.25) is 0 Å². The van der Waals surface area contributed by atoms with Crippen molar-refractivity contribution in [2.24, 2.45) is 0 Å². The van der Waals surface area contributed by atoms with Crippen LogP contribution in [0.4, 0.5) is 5.69 Å². The van der Waals surface area contributed by atoms with Gasteiger partial charge in [-0.2, -0.15) is 0 Å². The number of benzene rings is 2. The number of nitrogens with one attached hydrogen (secondary N) is 1. The van der Waals surface area contributed by atoms with Crippen LogP contribution in [0.1, 0.15) is 31.4 Å². The van der Waals surface area contributed by atoms with Crippen LogP contribution in [0.3, 0.4) is 0 Å². The van der Waals surface area contributed by atoms with Crippen LogP contribution in [0, 0.1) is 13.8 Å². The number of carbonyl (C=O) groups excluding carboxylic acids is 1. The van der Waals surface area contributed by atoms with E-state index in [0.29, 0.717) is 6.61 Å². The summed E-state index contributed by atoms with van der Waals surface area (Å²) >= 11 is 0. The highest BCUT2D eigenvalue weighted by atomic mass is 16.5. The second-order valence-electron chi connectivity index (χ2n) is 5.89. The second kappa shape index (κ2) is 8.39. The lowest BCUT2D eigenvalue weighted by atomic mass is 10.1. The maximum Gasteiger partial charge on any atom is 0.265 e. The van der Waals surface area contributed by atoms with E-state index in [1.165, 1.54) is 0 Å². The number of ether oxygens (including phenoxy) is 2. The normalized spacial score (nSPS) is 11.7. The Hall–Kier alpha value is -2.49. The van der Waals surface area contributed by atoms with Crippen molar-refractivity contribution in [3.8, 4) is 11.5 Å². The van der Waals surface area contributed by atoms with Gasteiger partial charge in [-0.25, -0.2) is 0 Å². The smallest absolute Gasteiger partial charge is 0.265 e. The van der Waals surface area contributed by atoms with Crippen molar-refractivity contribution in [2.75, 3.05) is 11.9 Å². The zero-order chi connectivity index (χ0) is 17.5. The van der Waals surface area contributed by atoms with Crippen molar-refractivity contribution >= 4 is 11.6 Å². The Bertz CT molecular complexity index is 680. The standard InChI is InChI=1S/C20H25NO3/c1-5-12-23-18-10-8-17(9-11-18)21-20(22)16(4)24-19-13-14(2)6-7-15(19)3/h6-11,13,16H,5,12H2,1-4H3,(H,21,22)/t16-/m1/s1. The molecule has 0 aliphatic rings.